The second kappa shape index (κ2) is 6.21. The summed E-state index contributed by atoms with van der Waals surface area (Å²) in [7, 11) is 0. The van der Waals surface area contributed by atoms with Gasteiger partial charge in [0.15, 0.2) is 5.16 Å². The summed E-state index contributed by atoms with van der Waals surface area (Å²) in [5, 5.41) is 11.5. The van der Waals surface area contributed by atoms with Crippen LogP contribution in [0, 0.1) is 5.82 Å². The zero-order valence-electron chi connectivity index (χ0n) is 12.3. The molecule has 2 aromatic carbocycles. The average Bonchev–Trinajstić information content (AvgIpc) is 3.14. The first-order chi connectivity index (χ1) is 11.7. The Morgan fingerprint density at radius 2 is 1.96 bits per heavy atom. The highest BCUT2D eigenvalue weighted by Crippen LogP contribution is 2.29. The summed E-state index contributed by atoms with van der Waals surface area (Å²) in [6.45, 7) is 0. The van der Waals surface area contributed by atoms with Gasteiger partial charge in [0.05, 0.1) is 21.7 Å². The third-order valence-electron chi connectivity index (χ3n) is 3.39. The first kappa shape index (κ1) is 15.1. The highest BCUT2D eigenvalue weighted by Gasteiger charge is 2.14. The van der Waals surface area contributed by atoms with Crippen molar-refractivity contribution in [1.29, 1.82) is 0 Å². The maximum absolute atomic E-state index is 13.6. The van der Waals surface area contributed by atoms with Gasteiger partial charge in [0, 0.05) is 0 Å². The standard InChI is InChI=1S/C16H11FN4OS2/c17-10-5-1-2-6-11(10)18-14(22)9-23-15-19-20-16-21(15)12-7-3-4-8-13(12)24-16/h1-8H,9H2,(H,18,22). The van der Waals surface area contributed by atoms with Gasteiger partial charge in [0.25, 0.3) is 0 Å². The van der Waals surface area contributed by atoms with Gasteiger partial charge in [0.2, 0.25) is 10.9 Å². The summed E-state index contributed by atoms with van der Waals surface area (Å²) in [6, 6.07) is 14.0. The molecule has 0 radical (unpaired) electrons. The van der Waals surface area contributed by atoms with E-state index < -0.39 is 5.82 Å². The van der Waals surface area contributed by atoms with Crippen LogP contribution < -0.4 is 5.32 Å². The number of thiazole rings is 1. The van der Waals surface area contributed by atoms with Crippen molar-refractivity contribution in [1.82, 2.24) is 14.6 Å². The molecule has 0 spiro atoms. The van der Waals surface area contributed by atoms with Crippen LogP contribution in [0.25, 0.3) is 15.2 Å². The van der Waals surface area contributed by atoms with Crippen LogP contribution in [-0.4, -0.2) is 26.3 Å². The smallest absolute Gasteiger partial charge is 0.234 e. The normalized spacial score (nSPS) is 11.2. The lowest BCUT2D eigenvalue weighted by Gasteiger charge is -2.05. The molecule has 4 aromatic rings. The molecule has 0 aliphatic heterocycles. The van der Waals surface area contributed by atoms with Crippen molar-refractivity contribution in [2.75, 3.05) is 11.1 Å². The van der Waals surface area contributed by atoms with Crippen LogP contribution in [0.1, 0.15) is 0 Å². The van der Waals surface area contributed by atoms with E-state index in [0.717, 1.165) is 15.2 Å². The monoisotopic (exact) mass is 358 g/mol. The van der Waals surface area contributed by atoms with E-state index in [0.29, 0.717) is 5.16 Å². The number of nitrogens with one attached hydrogen (secondary N) is 1. The number of carbonyl (C=O) groups excluding carboxylic acids is 1. The second-order valence-corrected chi connectivity index (χ2v) is 6.94. The van der Waals surface area contributed by atoms with Crippen molar-refractivity contribution in [2.45, 2.75) is 5.16 Å². The van der Waals surface area contributed by atoms with Crippen LogP contribution in [0.15, 0.2) is 53.7 Å². The zero-order chi connectivity index (χ0) is 16.5. The molecule has 1 amide bonds. The van der Waals surface area contributed by atoms with Crippen LogP contribution in [-0.2, 0) is 4.79 Å². The van der Waals surface area contributed by atoms with Gasteiger partial charge < -0.3 is 5.32 Å². The largest absolute Gasteiger partial charge is 0.323 e. The molecule has 0 saturated heterocycles. The van der Waals surface area contributed by atoms with Gasteiger partial charge in [-0.25, -0.2) is 4.39 Å². The van der Waals surface area contributed by atoms with E-state index in [1.807, 2.05) is 28.7 Å². The number of nitrogens with zero attached hydrogens (tertiary/aromatic N) is 3. The fourth-order valence-electron chi connectivity index (χ4n) is 2.33. The van der Waals surface area contributed by atoms with Gasteiger partial charge >= 0.3 is 0 Å². The third-order valence-corrected chi connectivity index (χ3v) is 5.33. The minimum Gasteiger partial charge on any atom is -0.323 e. The van der Waals surface area contributed by atoms with E-state index in [2.05, 4.69) is 15.5 Å². The van der Waals surface area contributed by atoms with Gasteiger partial charge in [0.1, 0.15) is 5.82 Å². The lowest BCUT2D eigenvalue weighted by Crippen LogP contribution is -2.15. The predicted octanol–water partition coefficient (Wildman–Crippen LogP) is 3.81. The molecule has 2 heterocycles. The zero-order valence-corrected chi connectivity index (χ0v) is 13.9. The minimum atomic E-state index is -0.454. The van der Waals surface area contributed by atoms with Crippen LogP contribution in [0.5, 0.6) is 0 Å². The van der Waals surface area contributed by atoms with Crippen LogP contribution in [0.4, 0.5) is 10.1 Å². The molecule has 5 nitrogen and oxygen atoms in total. The topological polar surface area (TPSA) is 59.3 Å². The Bertz CT molecular complexity index is 1040. The molecular formula is C16H11FN4OS2. The van der Waals surface area contributed by atoms with E-state index in [1.54, 1.807) is 23.5 Å². The number of rotatable bonds is 4. The quantitative estimate of drug-likeness (QED) is 0.564. The first-order valence-corrected chi connectivity index (χ1v) is 8.92. The molecule has 8 heteroatoms. The maximum atomic E-state index is 13.6. The molecule has 0 bridgehead atoms. The fraction of sp³-hybridized carbons (Fsp3) is 0.0625. The van der Waals surface area contributed by atoms with Gasteiger partial charge in [-0.2, -0.15) is 0 Å². The molecule has 0 aliphatic carbocycles. The first-order valence-electron chi connectivity index (χ1n) is 7.12. The molecule has 0 unspecified atom stereocenters. The Kier molecular flexibility index (Phi) is 3.91. The van der Waals surface area contributed by atoms with Crippen LogP contribution in [0.3, 0.4) is 0 Å². The third kappa shape index (κ3) is 2.74. The Balaban J connectivity index is 1.53. The number of benzene rings is 2. The van der Waals surface area contributed by atoms with Gasteiger partial charge in [-0.1, -0.05) is 47.4 Å². The Labute approximate surface area is 144 Å². The summed E-state index contributed by atoms with van der Waals surface area (Å²) in [5.41, 5.74) is 1.19. The molecule has 2 aromatic heterocycles. The van der Waals surface area contributed by atoms with Gasteiger partial charge in [-0.15, -0.1) is 10.2 Å². The molecule has 0 fully saturated rings. The lowest BCUT2D eigenvalue weighted by molar-refractivity contribution is -0.113. The maximum Gasteiger partial charge on any atom is 0.234 e. The predicted molar refractivity (Wildman–Crippen MR) is 94.1 cm³/mol. The summed E-state index contributed by atoms with van der Waals surface area (Å²) in [5.74, 6) is -0.620. The number of anilines is 1. The van der Waals surface area contributed by atoms with Crippen LogP contribution in [0.2, 0.25) is 0 Å². The van der Waals surface area contributed by atoms with Crippen LogP contribution >= 0.6 is 23.1 Å². The fourth-order valence-corrected chi connectivity index (χ4v) is 4.10. The Hall–Kier alpha value is -2.45. The van der Waals surface area contributed by atoms with Crippen molar-refractivity contribution >= 4 is 49.9 Å². The molecular weight excluding hydrogens is 347 g/mol. The molecule has 0 saturated carbocycles. The highest BCUT2D eigenvalue weighted by molar-refractivity contribution is 7.99. The number of thioether (sulfide) groups is 1. The average molecular weight is 358 g/mol. The van der Waals surface area contributed by atoms with Crippen molar-refractivity contribution < 1.29 is 9.18 Å². The molecule has 4 rings (SSSR count). The number of carbonyl (C=O) groups is 1. The highest BCUT2D eigenvalue weighted by atomic mass is 32.2. The van der Waals surface area contributed by atoms with Crippen molar-refractivity contribution in [3.8, 4) is 0 Å². The molecule has 0 atom stereocenters. The van der Waals surface area contributed by atoms with Gasteiger partial charge in [-0.05, 0) is 24.3 Å². The number of fused-ring (bicyclic) bond motifs is 3. The van der Waals surface area contributed by atoms with Gasteiger partial charge in [-0.3, -0.25) is 9.20 Å². The van der Waals surface area contributed by atoms with E-state index in [-0.39, 0.29) is 17.3 Å². The van der Waals surface area contributed by atoms with Crippen molar-refractivity contribution in [3.63, 3.8) is 0 Å². The van der Waals surface area contributed by atoms with Crippen molar-refractivity contribution in [2.24, 2.45) is 0 Å². The number of hydrogen-bond acceptors (Lipinski definition) is 5. The lowest BCUT2D eigenvalue weighted by atomic mass is 10.3. The number of aromatic nitrogens is 3. The van der Waals surface area contributed by atoms with E-state index in [1.165, 1.54) is 23.9 Å². The number of para-hydroxylation sites is 2. The number of hydrogen-bond donors (Lipinski definition) is 1. The summed E-state index contributed by atoms with van der Waals surface area (Å²) in [4.78, 5) is 12.8. The van der Waals surface area contributed by atoms with E-state index in [9.17, 15) is 9.18 Å². The molecule has 120 valence electrons. The van der Waals surface area contributed by atoms with E-state index in [4.69, 9.17) is 0 Å². The number of halogens is 1. The number of amides is 1. The summed E-state index contributed by atoms with van der Waals surface area (Å²) in [6.07, 6.45) is 0. The minimum absolute atomic E-state index is 0.124. The Morgan fingerprint density at radius 3 is 2.83 bits per heavy atom. The molecule has 24 heavy (non-hydrogen) atoms. The summed E-state index contributed by atoms with van der Waals surface area (Å²) >= 11 is 2.82. The Morgan fingerprint density at radius 1 is 1.17 bits per heavy atom. The molecule has 1 N–H and O–H groups in total. The van der Waals surface area contributed by atoms with E-state index >= 15 is 0 Å². The summed E-state index contributed by atoms with van der Waals surface area (Å²) < 4.78 is 16.6. The second-order valence-electron chi connectivity index (χ2n) is 4.99. The SMILES string of the molecule is O=C(CSc1nnc2sc3ccccc3n12)Nc1ccccc1F. The van der Waals surface area contributed by atoms with Crippen molar-refractivity contribution in [3.05, 3.63) is 54.3 Å². The molecule has 0 aliphatic rings.